The highest BCUT2D eigenvalue weighted by Crippen LogP contribution is 2.21. The highest BCUT2D eigenvalue weighted by atomic mass is 19.1. The molecular weight excluding hydrogens is 210 g/mol. The van der Waals surface area contributed by atoms with Crippen LogP contribution in [0.5, 0.6) is 0 Å². The second-order valence-electron chi connectivity index (χ2n) is 3.55. The minimum absolute atomic E-state index is 0.154. The first kappa shape index (κ1) is 12.6. The molecule has 0 aliphatic rings. The highest BCUT2D eigenvalue weighted by Gasteiger charge is 2.14. The summed E-state index contributed by atoms with van der Waals surface area (Å²) in [7, 11) is 0. The van der Waals surface area contributed by atoms with Crippen molar-refractivity contribution < 1.29 is 8.78 Å². The SMILES string of the molecule is CCC[C@H](NCC#N)c1ccc(F)cc1F. The Morgan fingerprint density at radius 2 is 2.19 bits per heavy atom. The molecule has 0 aromatic heterocycles. The average molecular weight is 224 g/mol. The number of benzene rings is 1. The fraction of sp³-hybridized carbons (Fsp3) is 0.417. The van der Waals surface area contributed by atoms with E-state index in [1.165, 1.54) is 12.1 Å². The lowest BCUT2D eigenvalue weighted by Crippen LogP contribution is -2.22. The first-order valence-electron chi connectivity index (χ1n) is 5.24. The van der Waals surface area contributed by atoms with Crippen molar-refractivity contribution in [2.75, 3.05) is 6.54 Å². The van der Waals surface area contributed by atoms with Crippen LogP contribution in [0.1, 0.15) is 31.4 Å². The molecule has 1 aromatic rings. The quantitative estimate of drug-likeness (QED) is 0.780. The fourth-order valence-electron chi connectivity index (χ4n) is 1.61. The molecule has 2 nitrogen and oxygen atoms in total. The van der Waals surface area contributed by atoms with Gasteiger partial charge in [0.2, 0.25) is 0 Å². The van der Waals surface area contributed by atoms with E-state index in [1.54, 1.807) is 0 Å². The number of nitrogens with one attached hydrogen (secondary N) is 1. The molecule has 0 aliphatic heterocycles. The number of nitriles is 1. The van der Waals surface area contributed by atoms with Crippen LogP contribution in [0.4, 0.5) is 8.78 Å². The Hall–Kier alpha value is -1.47. The molecule has 0 heterocycles. The molecule has 86 valence electrons. The molecule has 16 heavy (non-hydrogen) atoms. The zero-order chi connectivity index (χ0) is 12.0. The third-order valence-electron chi connectivity index (χ3n) is 2.34. The van der Waals surface area contributed by atoms with Crippen molar-refractivity contribution in [1.29, 1.82) is 5.26 Å². The Morgan fingerprint density at radius 1 is 1.44 bits per heavy atom. The number of hydrogen-bond donors (Lipinski definition) is 1. The lowest BCUT2D eigenvalue weighted by atomic mass is 10.0. The Bertz CT molecular complexity index is 385. The predicted octanol–water partition coefficient (Wildman–Crippen LogP) is 2.92. The summed E-state index contributed by atoms with van der Waals surface area (Å²) in [6.45, 7) is 2.13. The Morgan fingerprint density at radius 3 is 2.75 bits per heavy atom. The van der Waals surface area contributed by atoms with Crippen LogP contribution in [0, 0.1) is 23.0 Å². The molecule has 0 saturated heterocycles. The fourth-order valence-corrected chi connectivity index (χ4v) is 1.61. The smallest absolute Gasteiger partial charge is 0.130 e. The summed E-state index contributed by atoms with van der Waals surface area (Å²) in [4.78, 5) is 0. The third-order valence-corrected chi connectivity index (χ3v) is 2.34. The van der Waals surface area contributed by atoms with Gasteiger partial charge in [-0.25, -0.2) is 8.78 Å². The largest absolute Gasteiger partial charge is 0.297 e. The van der Waals surface area contributed by atoms with Gasteiger partial charge in [-0.05, 0) is 12.5 Å². The van der Waals surface area contributed by atoms with E-state index in [4.69, 9.17) is 5.26 Å². The second kappa shape index (κ2) is 6.19. The average Bonchev–Trinajstić information content (AvgIpc) is 2.25. The van der Waals surface area contributed by atoms with Crippen LogP contribution in [-0.2, 0) is 0 Å². The van der Waals surface area contributed by atoms with Gasteiger partial charge in [0.05, 0.1) is 12.6 Å². The van der Waals surface area contributed by atoms with Gasteiger partial charge in [0.25, 0.3) is 0 Å². The van der Waals surface area contributed by atoms with Crippen molar-refractivity contribution in [2.24, 2.45) is 0 Å². The third kappa shape index (κ3) is 3.28. The molecule has 0 aliphatic carbocycles. The van der Waals surface area contributed by atoms with E-state index in [0.29, 0.717) is 12.0 Å². The maximum atomic E-state index is 13.5. The molecule has 0 spiro atoms. The summed E-state index contributed by atoms with van der Waals surface area (Å²) in [6, 6.07) is 5.24. The molecule has 0 saturated carbocycles. The van der Waals surface area contributed by atoms with Crippen molar-refractivity contribution in [3.63, 3.8) is 0 Å². The van der Waals surface area contributed by atoms with E-state index < -0.39 is 11.6 Å². The molecule has 1 atom stereocenters. The minimum atomic E-state index is -0.586. The lowest BCUT2D eigenvalue weighted by molar-refractivity contribution is 0.485. The molecule has 0 bridgehead atoms. The minimum Gasteiger partial charge on any atom is -0.297 e. The first-order valence-corrected chi connectivity index (χ1v) is 5.24. The highest BCUT2D eigenvalue weighted by molar-refractivity contribution is 5.22. The summed E-state index contributed by atoms with van der Waals surface area (Å²) in [5.74, 6) is -1.15. The van der Waals surface area contributed by atoms with Crippen molar-refractivity contribution in [1.82, 2.24) is 5.32 Å². The molecule has 4 heteroatoms. The van der Waals surface area contributed by atoms with Crippen LogP contribution in [0.3, 0.4) is 0 Å². The summed E-state index contributed by atoms with van der Waals surface area (Å²) in [5.41, 5.74) is 0.415. The van der Waals surface area contributed by atoms with Gasteiger partial charge in [0, 0.05) is 17.7 Å². The topological polar surface area (TPSA) is 35.8 Å². The number of hydrogen-bond acceptors (Lipinski definition) is 2. The van der Waals surface area contributed by atoms with Gasteiger partial charge in [-0.2, -0.15) is 5.26 Å². The van der Waals surface area contributed by atoms with Crippen LogP contribution in [0.2, 0.25) is 0 Å². The van der Waals surface area contributed by atoms with Crippen molar-refractivity contribution in [3.05, 3.63) is 35.4 Å². The van der Waals surface area contributed by atoms with Gasteiger partial charge in [-0.15, -0.1) is 0 Å². The van der Waals surface area contributed by atoms with E-state index >= 15 is 0 Å². The summed E-state index contributed by atoms with van der Waals surface area (Å²) >= 11 is 0. The van der Waals surface area contributed by atoms with Gasteiger partial charge in [-0.1, -0.05) is 19.4 Å². The van der Waals surface area contributed by atoms with Gasteiger partial charge < -0.3 is 0 Å². The van der Waals surface area contributed by atoms with E-state index in [9.17, 15) is 8.78 Å². The van der Waals surface area contributed by atoms with Crippen LogP contribution in [0.25, 0.3) is 0 Å². The molecule has 0 fully saturated rings. The Labute approximate surface area is 93.9 Å². The predicted molar refractivity (Wildman–Crippen MR) is 57.6 cm³/mol. The summed E-state index contributed by atoms with van der Waals surface area (Å²) < 4.78 is 26.2. The standard InChI is InChI=1S/C12H14F2N2/c1-2-3-12(16-7-6-15)10-5-4-9(13)8-11(10)14/h4-5,8,12,16H,2-3,7H2,1H3/t12-/m0/s1. The number of nitrogens with zero attached hydrogens (tertiary/aromatic N) is 1. The van der Waals surface area contributed by atoms with E-state index in [0.717, 1.165) is 12.5 Å². The molecule has 1 aromatic carbocycles. The van der Waals surface area contributed by atoms with Crippen molar-refractivity contribution in [3.8, 4) is 6.07 Å². The Balaban J connectivity index is 2.87. The second-order valence-corrected chi connectivity index (χ2v) is 3.55. The zero-order valence-corrected chi connectivity index (χ0v) is 9.13. The van der Waals surface area contributed by atoms with Crippen LogP contribution < -0.4 is 5.32 Å². The Kier molecular flexibility index (Phi) is 4.87. The maximum Gasteiger partial charge on any atom is 0.130 e. The normalized spacial score (nSPS) is 12.1. The van der Waals surface area contributed by atoms with Crippen LogP contribution >= 0.6 is 0 Å². The lowest BCUT2D eigenvalue weighted by Gasteiger charge is -2.17. The van der Waals surface area contributed by atoms with E-state index in [-0.39, 0.29) is 12.6 Å². The molecule has 0 amide bonds. The maximum absolute atomic E-state index is 13.5. The van der Waals surface area contributed by atoms with Crippen molar-refractivity contribution in [2.45, 2.75) is 25.8 Å². The first-order chi connectivity index (χ1) is 7.69. The van der Waals surface area contributed by atoms with E-state index in [2.05, 4.69) is 5.32 Å². The van der Waals surface area contributed by atoms with Gasteiger partial charge in [0.1, 0.15) is 11.6 Å². The molecular formula is C12H14F2N2. The van der Waals surface area contributed by atoms with Crippen molar-refractivity contribution >= 4 is 0 Å². The summed E-state index contributed by atoms with van der Waals surface area (Å²) in [6.07, 6.45) is 1.57. The zero-order valence-electron chi connectivity index (χ0n) is 9.13. The molecule has 1 rings (SSSR count). The number of halogens is 2. The molecule has 1 N–H and O–H groups in total. The molecule has 0 unspecified atom stereocenters. The summed E-state index contributed by atoms with van der Waals surface area (Å²) in [5, 5.41) is 11.4. The van der Waals surface area contributed by atoms with Gasteiger partial charge >= 0.3 is 0 Å². The molecule has 0 radical (unpaired) electrons. The van der Waals surface area contributed by atoms with E-state index in [1.807, 2.05) is 13.0 Å². The van der Waals surface area contributed by atoms with Gasteiger partial charge in [0.15, 0.2) is 0 Å². The van der Waals surface area contributed by atoms with Crippen LogP contribution in [0.15, 0.2) is 18.2 Å². The number of rotatable bonds is 5. The van der Waals surface area contributed by atoms with Crippen LogP contribution in [-0.4, -0.2) is 6.54 Å². The van der Waals surface area contributed by atoms with Gasteiger partial charge in [-0.3, -0.25) is 5.32 Å². The monoisotopic (exact) mass is 224 g/mol.